The zero-order chi connectivity index (χ0) is 13.1. The molecular weight excluding hydrogens is 235 g/mol. The Morgan fingerprint density at radius 1 is 1.61 bits per heavy atom. The average Bonchev–Trinajstić information content (AvgIpc) is 2.38. The summed E-state index contributed by atoms with van der Waals surface area (Å²) in [6.07, 6.45) is 2.48. The second-order valence-electron chi connectivity index (χ2n) is 4.51. The summed E-state index contributed by atoms with van der Waals surface area (Å²) in [5, 5.41) is 0. The Hall–Kier alpha value is -1.53. The maximum atomic E-state index is 13.6. The molecule has 1 aliphatic rings. The lowest BCUT2D eigenvalue weighted by Gasteiger charge is -2.39. The van der Waals surface area contributed by atoms with Gasteiger partial charge >= 0.3 is 0 Å². The van der Waals surface area contributed by atoms with E-state index in [4.69, 9.17) is 5.73 Å². The molecule has 2 heterocycles. The summed E-state index contributed by atoms with van der Waals surface area (Å²) in [6.45, 7) is 2.44. The first-order valence-corrected chi connectivity index (χ1v) is 5.92. The van der Waals surface area contributed by atoms with E-state index in [1.807, 2.05) is 7.05 Å². The lowest BCUT2D eigenvalue weighted by molar-refractivity contribution is 0.0511. The minimum atomic E-state index is -0.586. The van der Waals surface area contributed by atoms with Crippen molar-refractivity contribution in [2.75, 3.05) is 33.2 Å². The number of halogens is 1. The van der Waals surface area contributed by atoms with Crippen molar-refractivity contribution in [1.29, 1.82) is 0 Å². The molecule has 6 heteroatoms. The van der Waals surface area contributed by atoms with Gasteiger partial charge in [-0.2, -0.15) is 0 Å². The van der Waals surface area contributed by atoms with E-state index in [1.54, 1.807) is 4.90 Å². The Morgan fingerprint density at radius 2 is 2.39 bits per heavy atom. The van der Waals surface area contributed by atoms with Gasteiger partial charge in [0.15, 0.2) is 5.82 Å². The number of nitrogens with two attached hydrogens (primary N) is 1. The largest absolute Gasteiger partial charge is 0.332 e. The first-order valence-electron chi connectivity index (χ1n) is 5.92. The Morgan fingerprint density at radius 3 is 3.06 bits per heavy atom. The third-order valence-corrected chi connectivity index (χ3v) is 3.22. The van der Waals surface area contributed by atoms with E-state index in [9.17, 15) is 9.18 Å². The van der Waals surface area contributed by atoms with E-state index in [0.29, 0.717) is 13.1 Å². The fraction of sp³-hybridized carbons (Fsp3) is 0.500. The van der Waals surface area contributed by atoms with Crippen LogP contribution in [0.2, 0.25) is 0 Å². The monoisotopic (exact) mass is 252 g/mol. The van der Waals surface area contributed by atoms with E-state index in [2.05, 4.69) is 9.88 Å². The quantitative estimate of drug-likeness (QED) is 0.800. The zero-order valence-corrected chi connectivity index (χ0v) is 10.3. The number of carbonyl (C=O) groups is 1. The minimum Gasteiger partial charge on any atom is -0.332 e. The van der Waals surface area contributed by atoms with Gasteiger partial charge in [0.1, 0.15) is 0 Å². The Balaban J connectivity index is 2.20. The highest BCUT2D eigenvalue weighted by atomic mass is 19.1. The number of nitrogens with zero attached hydrogens (tertiary/aromatic N) is 3. The molecule has 0 aromatic carbocycles. The second kappa shape index (κ2) is 5.41. The molecule has 18 heavy (non-hydrogen) atoms. The van der Waals surface area contributed by atoms with E-state index < -0.39 is 5.82 Å². The van der Waals surface area contributed by atoms with Crippen LogP contribution >= 0.6 is 0 Å². The van der Waals surface area contributed by atoms with Gasteiger partial charge in [-0.15, -0.1) is 0 Å². The van der Waals surface area contributed by atoms with Gasteiger partial charge in [-0.05, 0) is 13.1 Å². The molecule has 0 bridgehead atoms. The van der Waals surface area contributed by atoms with Crippen molar-refractivity contribution in [3.63, 3.8) is 0 Å². The summed E-state index contributed by atoms with van der Waals surface area (Å²) in [5.41, 5.74) is 5.75. The first-order chi connectivity index (χ1) is 8.63. The molecule has 1 atom stereocenters. The molecular formula is C12H17FN4O. The Kier molecular flexibility index (Phi) is 3.88. The van der Waals surface area contributed by atoms with Crippen molar-refractivity contribution in [3.05, 3.63) is 29.8 Å². The van der Waals surface area contributed by atoms with Gasteiger partial charge < -0.3 is 15.5 Å². The van der Waals surface area contributed by atoms with Gasteiger partial charge in [0.2, 0.25) is 0 Å². The maximum absolute atomic E-state index is 13.6. The van der Waals surface area contributed by atoms with Crippen LogP contribution in [0.15, 0.2) is 18.5 Å². The van der Waals surface area contributed by atoms with Gasteiger partial charge in [0.05, 0.1) is 17.8 Å². The van der Waals surface area contributed by atoms with Crippen LogP contribution in [-0.4, -0.2) is 60.0 Å². The number of pyridine rings is 1. The summed E-state index contributed by atoms with van der Waals surface area (Å²) in [6, 6.07) is 1.34. The molecule has 1 fully saturated rings. The molecule has 1 aromatic rings. The molecule has 1 aliphatic heterocycles. The molecule has 2 N–H and O–H groups in total. The van der Waals surface area contributed by atoms with Crippen LogP contribution in [0.5, 0.6) is 0 Å². The number of amides is 1. The molecule has 1 amide bonds. The molecule has 1 aromatic heterocycles. The zero-order valence-electron chi connectivity index (χ0n) is 10.3. The number of carbonyl (C=O) groups excluding carboxylic acids is 1. The predicted molar refractivity (Wildman–Crippen MR) is 65.6 cm³/mol. The highest BCUT2D eigenvalue weighted by Gasteiger charge is 2.29. The third kappa shape index (κ3) is 2.49. The summed E-state index contributed by atoms with van der Waals surface area (Å²) in [7, 11) is 1.98. The van der Waals surface area contributed by atoms with Crippen molar-refractivity contribution in [2.24, 2.45) is 5.73 Å². The molecule has 5 nitrogen and oxygen atoms in total. The fourth-order valence-corrected chi connectivity index (χ4v) is 2.18. The highest BCUT2D eigenvalue weighted by Crippen LogP contribution is 2.14. The van der Waals surface area contributed by atoms with Crippen LogP contribution in [0, 0.1) is 5.82 Å². The predicted octanol–water partition coefficient (Wildman–Crippen LogP) is -0.0644. The molecule has 0 saturated carbocycles. The first kappa shape index (κ1) is 12.9. The number of rotatable bonds is 2. The van der Waals surface area contributed by atoms with Crippen molar-refractivity contribution >= 4 is 5.91 Å². The number of piperazine rings is 1. The van der Waals surface area contributed by atoms with E-state index in [0.717, 1.165) is 19.3 Å². The molecule has 0 spiro atoms. The molecule has 1 saturated heterocycles. The third-order valence-electron chi connectivity index (χ3n) is 3.22. The van der Waals surface area contributed by atoms with Gasteiger partial charge in [-0.1, -0.05) is 0 Å². The van der Waals surface area contributed by atoms with Crippen LogP contribution in [0.3, 0.4) is 0 Å². The van der Waals surface area contributed by atoms with E-state index in [1.165, 1.54) is 12.3 Å². The summed E-state index contributed by atoms with van der Waals surface area (Å²) in [5.74, 6) is -0.893. The van der Waals surface area contributed by atoms with Crippen molar-refractivity contribution in [2.45, 2.75) is 6.04 Å². The minimum absolute atomic E-state index is 0.0630. The Bertz CT molecular complexity index is 440. The van der Waals surface area contributed by atoms with Crippen LogP contribution in [-0.2, 0) is 0 Å². The lowest BCUT2D eigenvalue weighted by Crippen LogP contribution is -2.56. The standard InChI is InChI=1S/C12H17FN4O/c1-16-4-5-17(9(6-14)8-16)12(18)10-2-3-15-7-11(10)13/h2-3,7,9H,4-6,8,14H2,1H3. The Labute approximate surface area is 105 Å². The van der Waals surface area contributed by atoms with Gasteiger partial charge in [0, 0.05) is 32.4 Å². The number of likely N-dealkylation sites (N-methyl/N-ethyl adjacent to an activating group) is 1. The van der Waals surface area contributed by atoms with Gasteiger partial charge in [0.25, 0.3) is 5.91 Å². The van der Waals surface area contributed by atoms with Crippen LogP contribution < -0.4 is 5.73 Å². The molecule has 98 valence electrons. The van der Waals surface area contributed by atoms with Crippen LogP contribution in [0.1, 0.15) is 10.4 Å². The number of hydrogen-bond donors (Lipinski definition) is 1. The van der Waals surface area contributed by atoms with Crippen molar-refractivity contribution in [3.8, 4) is 0 Å². The average molecular weight is 252 g/mol. The van der Waals surface area contributed by atoms with Crippen molar-refractivity contribution < 1.29 is 9.18 Å². The lowest BCUT2D eigenvalue weighted by atomic mass is 10.1. The normalized spacial score (nSPS) is 21.1. The summed E-state index contributed by atoms with van der Waals surface area (Å²) >= 11 is 0. The molecule has 2 rings (SSSR count). The number of aromatic nitrogens is 1. The van der Waals surface area contributed by atoms with Gasteiger partial charge in [-0.3, -0.25) is 9.78 Å². The van der Waals surface area contributed by atoms with Gasteiger partial charge in [-0.25, -0.2) is 4.39 Å². The molecule has 0 aliphatic carbocycles. The number of hydrogen-bond acceptors (Lipinski definition) is 4. The second-order valence-corrected chi connectivity index (χ2v) is 4.51. The maximum Gasteiger partial charge on any atom is 0.257 e. The summed E-state index contributed by atoms with van der Waals surface area (Å²) in [4.78, 5) is 19.7. The SMILES string of the molecule is CN1CCN(C(=O)c2ccncc2F)C(CN)C1. The smallest absolute Gasteiger partial charge is 0.257 e. The highest BCUT2D eigenvalue weighted by molar-refractivity contribution is 5.94. The summed E-state index contributed by atoms with van der Waals surface area (Å²) < 4.78 is 13.6. The topological polar surface area (TPSA) is 62.5 Å². The van der Waals surface area contributed by atoms with Crippen molar-refractivity contribution in [1.82, 2.24) is 14.8 Å². The molecule has 1 unspecified atom stereocenters. The molecule has 0 radical (unpaired) electrons. The van der Waals surface area contributed by atoms with Crippen LogP contribution in [0.4, 0.5) is 4.39 Å². The van der Waals surface area contributed by atoms with Crippen LogP contribution in [0.25, 0.3) is 0 Å². The van der Waals surface area contributed by atoms with E-state index in [-0.39, 0.29) is 17.5 Å². The van der Waals surface area contributed by atoms with E-state index >= 15 is 0 Å². The fourth-order valence-electron chi connectivity index (χ4n) is 2.18.